The maximum absolute atomic E-state index is 6.27. The Labute approximate surface area is 272 Å². The van der Waals surface area contributed by atoms with Crippen LogP contribution in [0, 0.1) is 27.0 Å². The van der Waals surface area contributed by atoms with Crippen molar-refractivity contribution in [3.8, 4) is 34.9 Å². The van der Waals surface area contributed by atoms with Crippen molar-refractivity contribution in [2.24, 2.45) is 0 Å². The number of benzene rings is 2. The number of halogens is 1. The second-order valence-electron chi connectivity index (χ2n) is 15.6. The number of hydrogen-bond donors (Lipinski definition) is 0. The van der Waals surface area contributed by atoms with Gasteiger partial charge in [0.2, 0.25) is 16.6 Å². The molecule has 228 valence electrons. The first-order valence-corrected chi connectivity index (χ1v) is 28.3. The second kappa shape index (κ2) is 15.5. The molecular weight excluding hydrogens is 680 g/mol. The molecule has 0 atom stereocenters. The summed E-state index contributed by atoms with van der Waals surface area (Å²) in [6.45, 7) is 35.8. The summed E-state index contributed by atoms with van der Waals surface area (Å²) >= 11 is 2.31. The molecule has 0 bridgehead atoms. The maximum atomic E-state index is 6.27. The molecule has 2 rings (SSSR count). The van der Waals surface area contributed by atoms with Gasteiger partial charge in [0.1, 0.15) is 27.6 Å². The fraction of sp³-hybridized carbons (Fsp3) is 0.529. The average molecular weight is 737 g/mol. The summed E-state index contributed by atoms with van der Waals surface area (Å²) < 4.78 is 13.7. The monoisotopic (exact) mass is 736 g/mol. The van der Waals surface area contributed by atoms with Crippen LogP contribution >= 0.6 is 22.6 Å². The van der Waals surface area contributed by atoms with Crippen molar-refractivity contribution in [1.82, 2.24) is 0 Å². The highest BCUT2D eigenvalue weighted by molar-refractivity contribution is 14.1. The Hall–Kier alpha value is -1.24. The fourth-order valence-corrected chi connectivity index (χ4v) is 5.21. The Kier molecular flexibility index (Phi) is 15.0. The molecule has 0 amide bonds. The molecule has 0 N–H and O–H groups in total. The van der Waals surface area contributed by atoms with Gasteiger partial charge in [0.15, 0.2) is 0 Å². The molecule has 0 spiro atoms. The van der Waals surface area contributed by atoms with Crippen molar-refractivity contribution in [3.63, 3.8) is 0 Å². The SMILES string of the molecule is C#C[Si](C)(C)C.CC(C)(C)[Si](C)(C)Oc1ccc(C#C[Si](C)(C)C)cc1.CC(C)(C)[Si](C)(C)Oc1ccc(I)cc1. The van der Waals surface area contributed by atoms with Gasteiger partial charge in [0.05, 0.1) is 0 Å². The maximum Gasteiger partial charge on any atom is 0.250 e. The predicted octanol–water partition coefficient (Wildman–Crippen LogP) is 11.5. The fourth-order valence-electron chi connectivity index (χ4n) is 2.26. The van der Waals surface area contributed by atoms with Gasteiger partial charge in [-0.25, -0.2) is 0 Å². The molecule has 0 fully saturated rings. The molecule has 7 heteroatoms. The van der Waals surface area contributed by atoms with E-state index in [0.717, 1.165) is 17.1 Å². The van der Waals surface area contributed by atoms with E-state index in [9.17, 15) is 0 Å². The van der Waals surface area contributed by atoms with Gasteiger partial charge in [0, 0.05) is 9.13 Å². The molecule has 2 nitrogen and oxygen atoms in total. The Morgan fingerprint density at radius 2 is 0.902 bits per heavy atom. The third-order valence-electron chi connectivity index (χ3n) is 7.04. The first-order chi connectivity index (χ1) is 18.2. The molecule has 0 unspecified atom stereocenters. The van der Waals surface area contributed by atoms with Gasteiger partial charge < -0.3 is 8.85 Å². The molecule has 0 saturated carbocycles. The van der Waals surface area contributed by atoms with E-state index in [-0.39, 0.29) is 10.1 Å². The highest BCUT2D eigenvalue weighted by Crippen LogP contribution is 2.38. The average Bonchev–Trinajstić information content (AvgIpc) is 2.78. The summed E-state index contributed by atoms with van der Waals surface area (Å²) in [5.74, 6) is 5.24. The zero-order chi connectivity index (χ0) is 32.5. The van der Waals surface area contributed by atoms with Crippen molar-refractivity contribution in [3.05, 3.63) is 57.7 Å². The largest absolute Gasteiger partial charge is 0.544 e. The number of terminal acetylenes is 1. The van der Waals surface area contributed by atoms with Crippen molar-refractivity contribution in [2.75, 3.05) is 0 Å². The third-order valence-corrected chi connectivity index (χ3v) is 18.2. The molecule has 0 aliphatic rings. The summed E-state index contributed by atoms with van der Waals surface area (Å²) in [4.78, 5) is 0. The normalized spacial score (nSPS) is 12.3. The lowest BCUT2D eigenvalue weighted by Crippen LogP contribution is -2.43. The van der Waals surface area contributed by atoms with Crippen LogP contribution < -0.4 is 8.85 Å². The molecule has 2 aromatic carbocycles. The van der Waals surface area contributed by atoms with E-state index in [1.807, 2.05) is 0 Å². The van der Waals surface area contributed by atoms with Gasteiger partial charge in [0.25, 0.3) is 0 Å². The van der Waals surface area contributed by atoms with E-state index in [0.29, 0.717) is 0 Å². The van der Waals surface area contributed by atoms with E-state index in [4.69, 9.17) is 15.3 Å². The standard InChI is InChI=1S/C17H28OSi2.C12H19IOSi.C5H10Si/c1-17(2,3)20(7,8)18-16-11-9-15(10-12-16)13-14-19(4,5)6;1-12(2,3)15(4,5)14-11-8-6-10(13)7-9-11;1-5-6(2,3)4/h9-12H,1-8H3;6-9H,1-5H3;1H,2-4H3. The molecule has 0 aliphatic carbocycles. The smallest absolute Gasteiger partial charge is 0.250 e. The molecule has 0 aliphatic heterocycles. The molecule has 0 radical (unpaired) electrons. The summed E-state index contributed by atoms with van der Waals surface area (Å²) in [5.41, 5.74) is 7.21. The Morgan fingerprint density at radius 3 is 1.17 bits per heavy atom. The van der Waals surface area contributed by atoms with Crippen LogP contribution in [0.1, 0.15) is 47.1 Å². The molecule has 0 saturated heterocycles. The van der Waals surface area contributed by atoms with Crippen LogP contribution in [0.5, 0.6) is 11.5 Å². The Balaban J connectivity index is 0.000000669. The topological polar surface area (TPSA) is 18.5 Å². The van der Waals surface area contributed by atoms with Gasteiger partial charge in [-0.2, -0.15) is 0 Å². The van der Waals surface area contributed by atoms with Crippen LogP contribution in [0.2, 0.25) is 75.5 Å². The zero-order valence-corrected chi connectivity index (χ0v) is 35.0. The van der Waals surface area contributed by atoms with Gasteiger partial charge in [-0.3, -0.25) is 0 Å². The van der Waals surface area contributed by atoms with Crippen LogP contribution in [0.4, 0.5) is 0 Å². The molecule has 0 heterocycles. The van der Waals surface area contributed by atoms with Crippen LogP contribution in [0.25, 0.3) is 0 Å². The minimum absolute atomic E-state index is 0.226. The van der Waals surface area contributed by atoms with Crippen LogP contribution in [-0.2, 0) is 0 Å². The number of hydrogen-bond acceptors (Lipinski definition) is 2. The minimum Gasteiger partial charge on any atom is -0.544 e. The molecular formula is C34H57IO2Si4. The van der Waals surface area contributed by atoms with Gasteiger partial charge in [-0.1, -0.05) is 86.7 Å². The Morgan fingerprint density at radius 1 is 0.585 bits per heavy atom. The third kappa shape index (κ3) is 16.8. The van der Waals surface area contributed by atoms with E-state index < -0.39 is 32.8 Å². The van der Waals surface area contributed by atoms with Gasteiger partial charge >= 0.3 is 0 Å². The molecule has 2 aromatic rings. The van der Waals surface area contributed by atoms with E-state index in [1.54, 1.807) is 0 Å². The lowest BCUT2D eigenvalue weighted by atomic mass is 10.2. The van der Waals surface area contributed by atoms with E-state index in [1.165, 1.54) is 3.57 Å². The van der Waals surface area contributed by atoms with Gasteiger partial charge in [-0.05, 0) is 107 Å². The summed E-state index contributed by atoms with van der Waals surface area (Å²) in [6, 6.07) is 16.5. The van der Waals surface area contributed by atoms with E-state index >= 15 is 0 Å². The highest BCUT2D eigenvalue weighted by atomic mass is 127. The molecule has 0 aromatic heterocycles. The summed E-state index contributed by atoms with van der Waals surface area (Å²) in [6.07, 6.45) is 5.12. The lowest BCUT2D eigenvalue weighted by molar-refractivity contribution is 0.492. The minimum atomic E-state index is -1.74. The van der Waals surface area contributed by atoms with Crippen LogP contribution in [-0.4, -0.2) is 32.8 Å². The van der Waals surface area contributed by atoms with Gasteiger partial charge in [-0.15, -0.1) is 17.5 Å². The lowest BCUT2D eigenvalue weighted by Gasteiger charge is -2.36. The number of rotatable bonds is 4. The van der Waals surface area contributed by atoms with Crippen molar-refractivity contribution >= 4 is 55.4 Å². The Bertz CT molecular complexity index is 1170. The van der Waals surface area contributed by atoms with Crippen molar-refractivity contribution in [2.45, 2.75) is 117 Å². The van der Waals surface area contributed by atoms with E-state index in [2.05, 4.69) is 195 Å². The summed E-state index contributed by atoms with van der Waals surface area (Å²) in [7, 11) is -5.81. The van der Waals surface area contributed by atoms with Crippen LogP contribution in [0.3, 0.4) is 0 Å². The zero-order valence-electron chi connectivity index (χ0n) is 28.9. The predicted molar refractivity (Wildman–Crippen MR) is 204 cm³/mol. The van der Waals surface area contributed by atoms with Crippen molar-refractivity contribution < 1.29 is 8.85 Å². The second-order valence-corrected chi connectivity index (χ2v) is 35.8. The quantitative estimate of drug-likeness (QED) is 0.177. The first kappa shape index (κ1) is 39.8. The van der Waals surface area contributed by atoms with Crippen LogP contribution in [0.15, 0.2) is 48.5 Å². The first-order valence-electron chi connectivity index (χ1n) is 14.4. The van der Waals surface area contributed by atoms with Crippen molar-refractivity contribution in [1.29, 1.82) is 0 Å². The highest BCUT2D eigenvalue weighted by Gasteiger charge is 2.39. The molecule has 41 heavy (non-hydrogen) atoms. The summed E-state index contributed by atoms with van der Waals surface area (Å²) in [5, 5.41) is 0.485.